The van der Waals surface area contributed by atoms with Crippen LogP contribution >= 0.6 is 0 Å². The minimum atomic E-state index is -0.554. The van der Waals surface area contributed by atoms with Gasteiger partial charge in [0.25, 0.3) is 5.91 Å². The molecule has 5 heteroatoms. The molecule has 0 saturated heterocycles. The first-order chi connectivity index (χ1) is 9.39. The Bertz CT molecular complexity index is 544. The summed E-state index contributed by atoms with van der Waals surface area (Å²) in [5.41, 5.74) is -0.0525. The number of halogens is 1. The van der Waals surface area contributed by atoms with Gasteiger partial charge in [0.05, 0.1) is 17.7 Å². The normalized spacial score (nSPS) is 10.7. The Balaban J connectivity index is 3.03. The van der Waals surface area contributed by atoms with Gasteiger partial charge in [-0.1, -0.05) is 11.8 Å². The van der Waals surface area contributed by atoms with E-state index >= 15 is 0 Å². The van der Waals surface area contributed by atoms with E-state index in [1.54, 1.807) is 7.11 Å². The first kappa shape index (κ1) is 16.2. The first-order valence-electron chi connectivity index (χ1n) is 6.10. The van der Waals surface area contributed by atoms with Crippen molar-refractivity contribution < 1.29 is 19.0 Å². The van der Waals surface area contributed by atoms with Gasteiger partial charge in [-0.3, -0.25) is 4.79 Å². The lowest BCUT2D eigenvalue weighted by atomic mass is 10.0. The lowest BCUT2D eigenvalue weighted by Gasteiger charge is -2.25. The van der Waals surface area contributed by atoms with Gasteiger partial charge in [-0.2, -0.15) is 0 Å². The van der Waals surface area contributed by atoms with Crippen molar-refractivity contribution >= 4 is 5.91 Å². The quantitative estimate of drug-likeness (QED) is 0.817. The molecule has 0 bridgehead atoms. The molecule has 0 unspecified atom stereocenters. The van der Waals surface area contributed by atoms with E-state index < -0.39 is 11.4 Å². The Hall–Kier alpha value is -1.90. The van der Waals surface area contributed by atoms with E-state index in [-0.39, 0.29) is 23.6 Å². The Labute approximate surface area is 117 Å². The third-order valence-electron chi connectivity index (χ3n) is 2.49. The van der Waals surface area contributed by atoms with Gasteiger partial charge in [-0.25, -0.2) is 4.39 Å². The highest BCUT2D eigenvalue weighted by Gasteiger charge is 2.22. The molecule has 0 fully saturated rings. The fourth-order valence-corrected chi connectivity index (χ4v) is 1.72. The Morgan fingerprint density at radius 3 is 2.80 bits per heavy atom. The summed E-state index contributed by atoms with van der Waals surface area (Å²) in [5, 5.41) is 11.5. The van der Waals surface area contributed by atoms with Crippen LogP contribution in [0.2, 0.25) is 0 Å². The van der Waals surface area contributed by atoms with E-state index in [0.29, 0.717) is 6.61 Å². The first-order valence-corrected chi connectivity index (χ1v) is 6.10. The number of nitrogens with one attached hydrogen (secondary N) is 1. The van der Waals surface area contributed by atoms with Crippen molar-refractivity contribution in [2.45, 2.75) is 19.4 Å². The summed E-state index contributed by atoms with van der Waals surface area (Å²) in [4.78, 5) is 12.2. The molecule has 0 saturated carbocycles. The number of carbonyl (C=O) groups is 1. The number of ether oxygens (including phenoxy) is 1. The second kappa shape index (κ2) is 7.04. The Morgan fingerprint density at radius 2 is 2.20 bits per heavy atom. The van der Waals surface area contributed by atoms with Crippen molar-refractivity contribution in [3.8, 4) is 11.8 Å². The average molecular weight is 279 g/mol. The molecule has 1 aromatic rings. The number of aliphatic hydroxyl groups excluding tert-OH is 1. The van der Waals surface area contributed by atoms with Gasteiger partial charge in [0.15, 0.2) is 0 Å². The van der Waals surface area contributed by atoms with Crippen molar-refractivity contribution in [3.05, 3.63) is 35.1 Å². The van der Waals surface area contributed by atoms with Crippen LogP contribution in [0.15, 0.2) is 18.2 Å². The number of amides is 1. The maximum absolute atomic E-state index is 13.2. The number of hydrogen-bond acceptors (Lipinski definition) is 3. The average Bonchev–Trinajstić information content (AvgIpc) is 2.35. The molecule has 0 spiro atoms. The van der Waals surface area contributed by atoms with E-state index in [1.807, 2.05) is 13.8 Å². The molecule has 108 valence electrons. The smallest absolute Gasteiger partial charge is 0.253 e. The second-order valence-corrected chi connectivity index (χ2v) is 4.92. The van der Waals surface area contributed by atoms with Gasteiger partial charge in [-0.05, 0) is 32.0 Å². The van der Waals surface area contributed by atoms with Crippen LogP contribution in [-0.4, -0.2) is 36.9 Å². The molecule has 0 aliphatic heterocycles. The standard InChI is InChI=1S/C15H18FNO3/c1-15(2,10-20-3)17-14(19)13-7-6-12(16)9-11(13)5-4-8-18/h6-7,9,18H,8,10H2,1-3H3,(H,17,19). The monoisotopic (exact) mass is 279 g/mol. The maximum atomic E-state index is 13.2. The highest BCUT2D eigenvalue weighted by molar-refractivity contribution is 5.97. The van der Waals surface area contributed by atoms with Gasteiger partial charge in [-0.15, -0.1) is 0 Å². The minimum absolute atomic E-state index is 0.241. The molecule has 2 N–H and O–H groups in total. The summed E-state index contributed by atoms with van der Waals surface area (Å²) in [5.74, 6) is 4.13. The summed E-state index contributed by atoms with van der Waals surface area (Å²) in [7, 11) is 1.55. The molecule has 0 radical (unpaired) electrons. The zero-order valence-electron chi connectivity index (χ0n) is 11.8. The third-order valence-corrected chi connectivity index (χ3v) is 2.49. The molecule has 1 aromatic carbocycles. The van der Waals surface area contributed by atoms with Crippen molar-refractivity contribution in [1.82, 2.24) is 5.32 Å². The fraction of sp³-hybridized carbons (Fsp3) is 0.400. The van der Waals surface area contributed by atoms with Gasteiger partial charge >= 0.3 is 0 Å². The van der Waals surface area contributed by atoms with Crippen molar-refractivity contribution in [2.24, 2.45) is 0 Å². The lowest BCUT2D eigenvalue weighted by Crippen LogP contribution is -2.47. The van der Waals surface area contributed by atoms with E-state index in [2.05, 4.69) is 17.2 Å². The molecule has 0 aliphatic rings. The zero-order valence-corrected chi connectivity index (χ0v) is 11.8. The fourth-order valence-electron chi connectivity index (χ4n) is 1.72. The van der Waals surface area contributed by atoms with Crippen LogP contribution in [0.25, 0.3) is 0 Å². The van der Waals surface area contributed by atoms with E-state index in [1.165, 1.54) is 18.2 Å². The largest absolute Gasteiger partial charge is 0.384 e. The minimum Gasteiger partial charge on any atom is -0.384 e. The van der Waals surface area contributed by atoms with Crippen LogP contribution in [0.4, 0.5) is 4.39 Å². The van der Waals surface area contributed by atoms with Gasteiger partial charge in [0.1, 0.15) is 12.4 Å². The summed E-state index contributed by atoms with van der Waals surface area (Å²) in [6.45, 7) is 3.62. The van der Waals surface area contributed by atoms with Gasteiger partial charge < -0.3 is 15.2 Å². The third kappa shape index (κ3) is 4.65. The molecule has 1 rings (SSSR count). The SMILES string of the molecule is COCC(C)(C)NC(=O)c1ccc(F)cc1C#CCO. The summed E-state index contributed by atoms with van der Waals surface area (Å²) in [6, 6.07) is 3.73. The van der Waals surface area contributed by atoms with E-state index in [9.17, 15) is 9.18 Å². The van der Waals surface area contributed by atoms with Crippen LogP contribution in [0.3, 0.4) is 0 Å². The summed E-state index contributed by atoms with van der Waals surface area (Å²) in [6.07, 6.45) is 0. The molecule has 20 heavy (non-hydrogen) atoms. The summed E-state index contributed by atoms with van der Waals surface area (Å²) >= 11 is 0. The topological polar surface area (TPSA) is 58.6 Å². The van der Waals surface area contributed by atoms with E-state index in [0.717, 1.165) is 0 Å². The van der Waals surface area contributed by atoms with Crippen molar-refractivity contribution in [1.29, 1.82) is 0 Å². The molecule has 0 atom stereocenters. The Kier molecular flexibility index (Phi) is 5.68. The number of hydrogen-bond donors (Lipinski definition) is 2. The molecule has 0 aromatic heterocycles. The van der Waals surface area contributed by atoms with Crippen molar-refractivity contribution in [2.75, 3.05) is 20.3 Å². The van der Waals surface area contributed by atoms with Crippen LogP contribution in [0.1, 0.15) is 29.8 Å². The van der Waals surface area contributed by atoms with Crippen LogP contribution in [0.5, 0.6) is 0 Å². The number of aliphatic hydroxyl groups is 1. The highest BCUT2D eigenvalue weighted by Crippen LogP contribution is 2.12. The zero-order chi connectivity index (χ0) is 15.2. The molecule has 1 amide bonds. The van der Waals surface area contributed by atoms with Gasteiger partial charge in [0.2, 0.25) is 0 Å². The Morgan fingerprint density at radius 1 is 1.50 bits per heavy atom. The van der Waals surface area contributed by atoms with E-state index in [4.69, 9.17) is 9.84 Å². The van der Waals surface area contributed by atoms with Crippen molar-refractivity contribution in [3.63, 3.8) is 0 Å². The molecule has 4 nitrogen and oxygen atoms in total. The maximum Gasteiger partial charge on any atom is 0.253 e. The number of carbonyl (C=O) groups excluding carboxylic acids is 1. The second-order valence-electron chi connectivity index (χ2n) is 4.92. The molecule has 0 heterocycles. The molecule has 0 aliphatic carbocycles. The molecular weight excluding hydrogens is 261 g/mol. The van der Waals surface area contributed by atoms with Gasteiger partial charge in [0, 0.05) is 12.7 Å². The van der Waals surface area contributed by atoms with Crippen LogP contribution in [0, 0.1) is 17.7 Å². The van der Waals surface area contributed by atoms with Crippen LogP contribution < -0.4 is 5.32 Å². The number of methoxy groups -OCH3 is 1. The number of benzene rings is 1. The molecular formula is C15H18FNO3. The van der Waals surface area contributed by atoms with Crippen LogP contribution in [-0.2, 0) is 4.74 Å². The predicted octanol–water partition coefficient (Wildman–Crippen LogP) is 1.32. The predicted molar refractivity (Wildman–Crippen MR) is 73.8 cm³/mol. The number of rotatable bonds is 4. The highest BCUT2D eigenvalue weighted by atomic mass is 19.1. The lowest BCUT2D eigenvalue weighted by molar-refractivity contribution is 0.0819. The summed E-state index contributed by atoms with van der Waals surface area (Å²) < 4.78 is 18.2.